The molecule has 76 heavy (non-hydrogen) atoms. The first-order chi connectivity index (χ1) is 36.9. The number of carbonyl (C=O) groups excluding carboxylic acids is 6. The summed E-state index contributed by atoms with van der Waals surface area (Å²) in [7, 11) is 0. The third-order valence-electron chi connectivity index (χ3n) is 14.3. The van der Waals surface area contributed by atoms with Gasteiger partial charge in [0, 0.05) is 38.1 Å². The van der Waals surface area contributed by atoms with Gasteiger partial charge in [-0.15, -0.1) is 0 Å². The number of nitrogens with one attached hydrogen (secondary N) is 6. The molecule has 0 aromatic heterocycles. The summed E-state index contributed by atoms with van der Waals surface area (Å²) in [6, 6.07) is -3.81. The fraction of sp³-hybridized carbons (Fsp3) is 0.881. The van der Waals surface area contributed by atoms with Crippen molar-refractivity contribution in [3.05, 3.63) is 0 Å². The van der Waals surface area contributed by atoms with E-state index in [0.717, 1.165) is 44.9 Å². The van der Waals surface area contributed by atoms with Crippen LogP contribution in [-0.2, 0) is 33.6 Å². The van der Waals surface area contributed by atoms with E-state index in [0.29, 0.717) is 110 Å². The SMILES string of the molecule is CCCCCCCCCCCCCCCC(=O)NCCCC[C@H](NC(=O)CCCCCCCCCCCCCCC)C(=O)N[C@@H](CCCCN)C(=O)N[C@@H](CCCCN)C(=O)NCCCCCC(=O)NC(CS)C(=O)O. The molecule has 0 fully saturated rings. The van der Waals surface area contributed by atoms with E-state index in [1.165, 1.54) is 122 Å². The molecule has 0 spiro atoms. The zero-order chi connectivity index (χ0) is 56.1. The summed E-state index contributed by atoms with van der Waals surface area (Å²) in [6.45, 7) is 6.10. The van der Waals surface area contributed by atoms with Gasteiger partial charge in [-0.2, -0.15) is 12.6 Å². The smallest absolute Gasteiger partial charge is 0.327 e. The van der Waals surface area contributed by atoms with E-state index in [1.54, 1.807) is 0 Å². The molecule has 0 radical (unpaired) electrons. The number of nitrogens with two attached hydrogens (primary N) is 2. The maximum atomic E-state index is 14.1. The van der Waals surface area contributed by atoms with Crippen molar-refractivity contribution >= 4 is 54.0 Å². The lowest BCUT2D eigenvalue weighted by Crippen LogP contribution is -2.56. The predicted molar refractivity (Wildman–Crippen MR) is 314 cm³/mol. The van der Waals surface area contributed by atoms with Crippen LogP contribution in [0.3, 0.4) is 0 Å². The average molecular weight is 1100 g/mol. The average Bonchev–Trinajstić information content (AvgIpc) is 3.40. The fourth-order valence-corrected chi connectivity index (χ4v) is 9.62. The minimum atomic E-state index is -1.15. The Hall–Kier alpha value is -3.44. The summed E-state index contributed by atoms with van der Waals surface area (Å²) in [4.78, 5) is 91.1. The van der Waals surface area contributed by atoms with Crippen LogP contribution in [0.15, 0.2) is 0 Å². The molecule has 0 bridgehead atoms. The molecule has 0 heterocycles. The highest BCUT2D eigenvalue weighted by Gasteiger charge is 2.29. The molecule has 0 rings (SSSR count). The summed E-state index contributed by atoms with van der Waals surface area (Å²) < 4.78 is 0. The molecule has 4 atom stereocenters. The van der Waals surface area contributed by atoms with Crippen LogP contribution in [0, 0.1) is 0 Å². The standard InChI is InChI=1S/C59H114N8O8S/c1-3-5-7-9-11-13-15-17-19-21-23-25-28-41-53(68)62-46-37-33-40-50(64-54(69)42-29-26-24-22-20-18-16-14-12-10-8-6-4-2)57(72)67-51(39-32-35-45-61)58(73)66-49(38-31-34-44-60)56(71)63-47-36-27-30-43-55(70)65-52(48-76)59(74)75/h49-52,76H,3-48,60-61H2,1-2H3,(H,62,68)(H,63,71)(H,64,69)(H,65,70)(H,66,73)(H,67,72)(H,74,75)/t49-,50-,51-,52?/m0/s1. The third kappa shape index (κ3) is 44.5. The van der Waals surface area contributed by atoms with Crippen LogP contribution in [0.4, 0.5) is 0 Å². The topological polar surface area (TPSA) is 264 Å². The van der Waals surface area contributed by atoms with E-state index in [9.17, 15) is 33.6 Å². The van der Waals surface area contributed by atoms with Gasteiger partial charge in [0.1, 0.15) is 24.2 Å². The maximum absolute atomic E-state index is 14.1. The van der Waals surface area contributed by atoms with Crippen LogP contribution in [0.2, 0.25) is 0 Å². The Morgan fingerprint density at radius 1 is 0.355 bits per heavy atom. The van der Waals surface area contributed by atoms with E-state index in [1.807, 2.05) is 0 Å². The summed E-state index contributed by atoms with van der Waals surface area (Å²) in [5, 5.41) is 26.3. The Labute approximate surface area is 467 Å². The van der Waals surface area contributed by atoms with Gasteiger partial charge < -0.3 is 48.5 Å². The monoisotopic (exact) mass is 1090 g/mol. The van der Waals surface area contributed by atoms with Gasteiger partial charge in [0.25, 0.3) is 0 Å². The molecule has 6 amide bonds. The zero-order valence-corrected chi connectivity index (χ0v) is 49.1. The molecular formula is C59H114N8O8S. The lowest BCUT2D eigenvalue weighted by molar-refractivity contribution is -0.141. The minimum absolute atomic E-state index is 0.0160. The van der Waals surface area contributed by atoms with E-state index in [-0.39, 0.29) is 42.2 Å². The fourth-order valence-electron chi connectivity index (χ4n) is 9.37. The van der Waals surface area contributed by atoms with Crippen LogP contribution in [0.1, 0.15) is 277 Å². The summed E-state index contributed by atoms with van der Waals surface area (Å²) in [5.41, 5.74) is 11.6. The molecule has 17 heteroatoms. The number of hydrogen-bond acceptors (Lipinski definition) is 10. The highest BCUT2D eigenvalue weighted by Crippen LogP contribution is 2.16. The Balaban J connectivity index is 5.45. The van der Waals surface area contributed by atoms with E-state index in [4.69, 9.17) is 16.6 Å². The quantitative estimate of drug-likeness (QED) is 0.0203. The molecular weight excluding hydrogens is 981 g/mol. The molecule has 16 nitrogen and oxygen atoms in total. The summed E-state index contributed by atoms with van der Waals surface area (Å²) in [5.74, 6) is -3.07. The molecule has 1 unspecified atom stereocenters. The Kier molecular flexibility index (Phi) is 51.1. The van der Waals surface area contributed by atoms with Crippen molar-refractivity contribution in [1.29, 1.82) is 0 Å². The van der Waals surface area contributed by atoms with E-state index >= 15 is 0 Å². The molecule has 0 aromatic carbocycles. The normalized spacial score (nSPS) is 12.8. The number of amides is 6. The lowest BCUT2D eigenvalue weighted by atomic mass is 10.0. The number of rotatable bonds is 56. The first kappa shape index (κ1) is 72.6. The lowest BCUT2D eigenvalue weighted by Gasteiger charge is -2.25. The second-order valence-corrected chi connectivity index (χ2v) is 21.8. The van der Waals surface area contributed by atoms with Gasteiger partial charge in [0.2, 0.25) is 35.4 Å². The highest BCUT2D eigenvalue weighted by atomic mass is 32.1. The predicted octanol–water partition coefficient (Wildman–Crippen LogP) is 10.1. The molecule has 0 aliphatic heterocycles. The van der Waals surface area contributed by atoms with Crippen molar-refractivity contribution in [2.45, 2.75) is 301 Å². The Morgan fingerprint density at radius 2 is 0.658 bits per heavy atom. The second-order valence-electron chi connectivity index (χ2n) is 21.4. The first-order valence-corrected chi connectivity index (χ1v) is 31.5. The van der Waals surface area contributed by atoms with Crippen LogP contribution in [0.5, 0.6) is 0 Å². The summed E-state index contributed by atoms with van der Waals surface area (Å²) in [6.07, 6.45) is 39.0. The van der Waals surface area contributed by atoms with E-state index < -0.39 is 42.0 Å². The molecule has 11 N–H and O–H groups in total. The number of hydrogen-bond donors (Lipinski definition) is 10. The number of thiol groups is 1. The van der Waals surface area contributed by atoms with Crippen molar-refractivity contribution < 1.29 is 38.7 Å². The van der Waals surface area contributed by atoms with Crippen molar-refractivity contribution in [3.8, 4) is 0 Å². The van der Waals surface area contributed by atoms with Gasteiger partial charge in [-0.05, 0) is 96.6 Å². The number of carboxylic acid groups (broad SMARTS) is 1. The minimum Gasteiger partial charge on any atom is -0.480 e. The zero-order valence-electron chi connectivity index (χ0n) is 48.2. The van der Waals surface area contributed by atoms with Gasteiger partial charge in [-0.1, -0.05) is 174 Å². The number of carboxylic acids is 1. The molecule has 0 aliphatic rings. The number of carbonyl (C=O) groups is 7. The highest BCUT2D eigenvalue weighted by molar-refractivity contribution is 7.80. The Bertz CT molecular complexity index is 1480. The Morgan fingerprint density at radius 3 is 1.04 bits per heavy atom. The molecule has 0 aromatic rings. The van der Waals surface area contributed by atoms with Crippen LogP contribution in [0.25, 0.3) is 0 Å². The summed E-state index contributed by atoms with van der Waals surface area (Å²) >= 11 is 3.97. The molecule has 444 valence electrons. The maximum Gasteiger partial charge on any atom is 0.327 e. The second kappa shape index (κ2) is 53.6. The third-order valence-corrected chi connectivity index (χ3v) is 14.6. The van der Waals surface area contributed by atoms with Gasteiger partial charge >= 0.3 is 5.97 Å². The molecule has 0 saturated carbocycles. The molecule has 0 saturated heterocycles. The largest absolute Gasteiger partial charge is 0.480 e. The van der Waals surface area contributed by atoms with Gasteiger partial charge in [0.15, 0.2) is 0 Å². The van der Waals surface area contributed by atoms with Crippen LogP contribution < -0.4 is 43.4 Å². The van der Waals surface area contributed by atoms with Gasteiger partial charge in [0.05, 0.1) is 0 Å². The molecule has 0 aliphatic carbocycles. The van der Waals surface area contributed by atoms with Crippen LogP contribution >= 0.6 is 12.6 Å². The van der Waals surface area contributed by atoms with Gasteiger partial charge in [-0.25, -0.2) is 4.79 Å². The van der Waals surface area contributed by atoms with Crippen molar-refractivity contribution in [2.75, 3.05) is 31.9 Å². The van der Waals surface area contributed by atoms with Crippen molar-refractivity contribution in [1.82, 2.24) is 31.9 Å². The van der Waals surface area contributed by atoms with Crippen molar-refractivity contribution in [3.63, 3.8) is 0 Å². The first-order valence-electron chi connectivity index (χ1n) is 30.9. The number of unbranched alkanes of at least 4 members (excludes halogenated alkanes) is 29. The van der Waals surface area contributed by atoms with Gasteiger partial charge in [-0.3, -0.25) is 28.8 Å². The van der Waals surface area contributed by atoms with Crippen molar-refractivity contribution in [2.24, 2.45) is 11.5 Å². The van der Waals surface area contributed by atoms with Crippen LogP contribution in [-0.4, -0.2) is 103 Å². The van der Waals surface area contributed by atoms with E-state index in [2.05, 4.69) is 58.4 Å². The number of aliphatic carboxylic acids is 1.